The standard InChI is InChI=1S/C6H16Si.C2H7N/c1-4-5-6-7(2)3;1-3-2/h7H,4-6H2,1-3H3;3H,1-2H3. The number of nitrogens with one attached hydrogen (secondary N) is 1. The Hall–Kier alpha value is 0.177. The highest BCUT2D eigenvalue weighted by Crippen LogP contribution is 1.98. The third-order valence-corrected chi connectivity index (χ3v) is 2.70. The van der Waals surface area contributed by atoms with Gasteiger partial charge in [-0.2, -0.15) is 0 Å². The van der Waals surface area contributed by atoms with Crippen molar-refractivity contribution in [3.63, 3.8) is 0 Å². The van der Waals surface area contributed by atoms with E-state index in [1.54, 1.807) is 0 Å². The van der Waals surface area contributed by atoms with E-state index in [2.05, 4.69) is 25.3 Å². The third-order valence-electron chi connectivity index (χ3n) is 1.14. The van der Waals surface area contributed by atoms with Crippen LogP contribution in [0.25, 0.3) is 0 Å². The van der Waals surface area contributed by atoms with E-state index in [1.165, 1.54) is 18.9 Å². The molecule has 0 aliphatic heterocycles. The maximum atomic E-state index is 2.75. The molecule has 0 aliphatic carbocycles. The highest BCUT2D eigenvalue weighted by Gasteiger charge is 1.90. The predicted octanol–water partition coefficient (Wildman–Crippen LogP) is 2.11. The van der Waals surface area contributed by atoms with Gasteiger partial charge in [-0.3, -0.25) is 0 Å². The molecule has 2 heteroatoms. The molecule has 0 saturated heterocycles. The SMILES string of the molecule is CCCC[SiH](C)C.CNC. The molecule has 1 nitrogen and oxygen atoms in total. The molecule has 1 N–H and O–H groups in total. The molecular formula is C8H23NSi. The highest BCUT2D eigenvalue weighted by molar-refractivity contribution is 6.55. The Balaban J connectivity index is 0. The van der Waals surface area contributed by atoms with Crippen LogP contribution in [0.4, 0.5) is 0 Å². The molecule has 0 atom stereocenters. The fourth-order valence-corrected chi connectivity index (χ4v) is 1.84. The second-order valence-electron chi connectivity index (χ2n) is 3.04. The largest absolute Gasteiger partial charge is 0.323 e. The average Bonchev–Trinajstić information content (AvgIpc) is 1.85. The van der Waals surface area contributed by atoms with Crippen LogP contribution in [0.15, 0.2) is 0 Å². The number of unbranched alkanes of at least 4 members (excludes halogenated alkanes) is 1. The van der Waals surface area contributed by atoms with Crippen molar-refractivity contribution in [2.45, 2.75) is 38.9 Å². The van der Waals surface area contributed by atoms with Gasteiger partial charge >= 0.3 is 0 Å². The molecule has 0 saturated carbocycles. The van der Waals surface area contributed by atoms with Crippen LogP contribution in [0.2, 0.25) is 19.1 Å². The average molecular weight is 161 g/mol. The van der Waals surface area contributed by atoms with E-state index in [4.69, 9.17) is 0 Å². The van der Waals surface area contributed by atoms with E-state index in [1.807, 2.05) is 14.1 Å². The van der Waals surface area contributed by atoms with E-state index in [0.29, 0.717) is 0 Å². The lowest BCUT2D eigenvalue weighted by Gasteiger charge is -1.97. The summed E-state index contributed by atoms with van der Waals surface area (Å²) in [7, 11) is 3.56. The van der Waals surface area contributed by atoms with Crippen molar-refractivity contribution in [2.75, 3.05) is 14.1 Å². The Bertz CT molecular complexity index is 46.5. The molecule has 0 unspecified atom stereocenters. The van der Waals surface area contributed by atoms with E-state index < -0.39 is 0 Å². The molecule has 10 heavy (non-hydrogen) atoms. The molecule has 0 aromatic heterocycles. The minimum Gasteiger partial charge on any atom is -0.323 e. The monoisotopic (exact) mass is 161 g/mol. The van der Waals surface area contributed by atoms with Crippen molar-refractivity contribution in [3.05, 3.63) is 0 Å². The van der Waals surface area contributed by atoms with Crippen LogP contribution in [-0.2, 0) is 0 Å². The van der Waals surface area contributed by atoms with Crippen molar-refractivity contribution in [1.82, 2.24) is 5.32 Å². The Kier molecular flexibility index (Phi) is 15.3. The molecular weight excluding hydrogens is 138 g/mol. The van der Waals surface area contributed by atoms with Gasteiger partial charge in [-0.1, -0.05) is 38.9 Å². The Morgan fingerprint density at radius 1 is 1.20 bits per heavy atom. The van der Waals surface area contributed by atoms with Crippen LogP contribution in [0, 0.1) is 0 Å². The van der Waals surface area contributed by atoms with Gasteiger partial charge in [0.25, 0.3) is 0 Å². The molecule has 0 amide bonds. The van der Waals surface area contributed by atoms with E-state index in [9.17, 15) is 0 Å². The molecule has 0 aliphatic rings. The van der Waals surface area contributed by atoms with Gasteiger partial charge in [-0.25, -0.2) is 0 Å². The van der Waals surface area contributed by atoms with Crippen LogP contribution < -0.4 is 5.32 Å². The van der Waals surface area contributed by atoms with Crippen molar-refractivity contribution in [1.29, 1.82) is 0 Å². The second-order valence-corrected chi connectivity index (χ2v) is 6.40. The Morgan fingerprint density at radius 2 is 1.60 bits per heavy atom. The summed E-state index contributed by atoms with van der Waals surface area (Å²) >= 11 is 0. The molecule has 0 aromatic carbocycles. The van der Waals surface area contributed by atoms with Gasteiger partial charge in [-0.15, -0.1) is 0 Å². The van der Waals surface area contributed by atoms with Gasteiger partial charge in [0.05, 0.1) is 0 Å². The van der Waals surface area contributed by atoms with Gasteiger partial charge in [0.1, 0.15) is 0 Å². The summed E-state index contributed by atoms with van der Waals surface area (Å²) in [4.78, 5) is 0. The summed E-state index contributed by atoms with van der Waals surface area (Å²) < 4.78 is 0. The second kappa shape index (κ2) is 11.9. The highest BCUT2D eigenvalue weighted by atomic mass is 28.3. The quantitative estimate of drug-likeness (QED) is 0.625. The normalized spacial score (nSPS) is 9.00. The number of hydrogen-bond donors (Lipinski definition) is 1. The van der Waals surface area contributed by atoms with E-state index >= 15 is 0 Å². The van der Waals surface area contributed by atoms with Gasteiger partial charge in [0.15, 0.2) is 0 Å². The van der Waals surface area contributed by atoms with Crippen molar-refractivity contribution < 1.29 is 0 Å². The van der Waals surface area contributed by atoms with Gasteiger partial charge in [0.2, 0.25) is 0 Å². The van der Waals surface area contributed by atoms with Crippen LogP contribution >= 0.6 is 0 Å². The summed E-state index contributed by atoms with van der Waals surface area (Å²) in [5.41, 5.74) is 0. The first-order valence-electron chi connectivity index (χ1n) is 4.27. The summed E-state index contributed by atoms with van der Waals surface area (Å²) in [5, 5.41) is 2.75. The predicted molar refractivity (Wildman–Crippen MR) is 53.6 cm³/mol. The first kappa shape index (κ1) is 12.8. The number of hydrogen-bond acceptors (Lipinski definition) is 1. The van der Waals surface area contributed by atoms with Gasteiger partial charge in [-0.05, 0) is 14.1 Å². The minimum atomic E-state index is -0.188. The molecule has 64 valence electrons. The molecule has 0 rings (SSSR count). The zero-order valence-corrected chi connectivity index (χ0v) is 9.35. The number of rotatable bonds is 3. The maximum absolute atomic E-state index is 2.75. The van der Waals surface area contributed by atoms with E-state index in [0.717, 1.165) is 0 Å². The van der Waals surface area contributed by atoms with Crippen molar-refractivity contribution >= 4 is 8.80 Å². The molecule has 0 heterocycles. The fourth-order valence-electron chi connectivity index (χ4n) is 0.612. The fraction of sp³-hybridized carbons (Fsp3) is 1.00. The van der Waals surface area contributed by atoms with Crippen LogP contribution in [-0.4, -0.2) is 22.9 Å². The summed E-state index contributed by atoms with van der Waals surface area (Å²) in [5.74, 6) is 0. The Labute approximate surface area is 67.8 Å². The molecule has 0 radical (unpaired) electrons. The zero-order chi connectivity index (χ0) is 8.41. The molecule has 0 bridgehead atoms. The zero-order valence-electron chi connectivity index (χ0n) is 8.20. The minimum absolute atomic E-state index is 0.188. The molecule has 0 fully saturated rings. The lowest BCUT2D eigenvalue weighted by Crippen LogP contribution is -1.96. The first-order valence-corrected chi connectivity index (χ1v) is 7.40. The molecule has 0 spiro atoms. The van der Waals surface area contributed by atoms with Crippen LogP contribution in [0.1, 0.15) is 19.8 Å². The van der Waals surface area contributed by atoms with Gasteiger partial charge < -0.3 is 5.32 Å². The smallest absolute Gasteiger partial charge is 0.0305 e. The van der Waals surface area contributed by atoms with Crippen molar-refractivity contribution in [2.24, 2.45) is 0 Å². The van der Waals surface area contributed by atoms with E-state index in [-0.39, 0.29) is 8.80 Å². The summed E-state index contributed by atoms with van der Waals surface area (Å²) in [6.45, 7) is 7.09. The van der Waals surface area contributed by atoms with Crippen LogP contribution in [0.5, 0.6) is 0 Å². The Morgan fingerprint density at radius 3 is 1.70 bits per heavy atom. The first-order chi connectivity index (χ1) is 4.68. The molecule has 0 aromatic rings. The van der Waals surface area contributed by atoms with Crippen molar-refractivity contribution in [3.8, 4) is 0 Å². The lowest BCUT2D eigenvalue weighted by molar-refractivity contribution is 0.875. The maximum Gasteiger partial charge on any atom is 0.0305 e. The summed E-state index contributed by atoms with van der Waals surface area (Å²) in [6, 6.07) is 1.54. The summed E-state index contributed by atoms with van der Waals surface area (Å²) in [6.07, 6.45) is 2.84. The van der Waals surface area contributed by atoms with Crippen LogP contribution in [0.3, 0.4) is 0 Å². The van der Waals surface area contributed by atoms with Gasteiger partial charge in [0, 0.05) is 8.80 Å². The lowest BCUT2D eigenvalue weighted by atomic mass is 10.4. The third kappa shape index (κ3) is 24.1. The topological polar surface area (TPSA) is 12.0 Å².